The van der Waals surface area contributed by atoms with E-state index in [1.54, 1.807) is 18.2 Å². The zero-order valence-corrected chi connectivity index (χ0v) is 21.1. The predicted molar refractivity (Wildman–Crippen MR) is 137 cm³/mol. The highest BCUT2D eigenvalue weighted by atomic mass is 32.2. The monoisotopic (exact) mass is 492 g/mol. The lowest BCUT2D eigenvalue weighted by Gasteiger charge is -2.31. The zero-order chi connectivity index (χ0) is 24.4. The second-order valence-electron chi connectivity index (χ2n) is 9.63. The summed E-state index contributed by atoms with van der Waals surface area (Å²) in [6.45, 7) is 5.07. The first kappa shape index (κ1) is 23.8. The molecule has 8 heteroatoms. The summed E-state index contributed by atoms with van der Waals surface area (Å²) in [5, 5.41) is 3.65. The lowest BCUT2D eigenvalue weighted by molar-refractivity contribution is 0.180. The van der Waals surface area contributed by atoms with Crippen LogP contribution in [-0.2, 0) is 16.6 Å². The fourth-order valence-electron chi connectivity index (χ4n) is 5.22. The van der Waals surface area contributed by atoms with Crippen molar-refractivity contribution >= 4 is 16.0 Å². The molecule has 2 N–H and O–H groups in total. The number of hydrogen-bond acceptors (Lipinski definition) is 6. The average Bonchev–Trinajstić information content (AvgIpc) is 2.84. The van der Waals surface area contributed by atoms with Crippen LogP contribution in [0.2, 0.25) is 0 Å². The van der Waals surface area contributed by atoms with Gasteiger partial charge in [0.05, 0.1) is 10.6 Å². The van der Waals surface area contributed by atoms with Gasteiger partial charge in [-0.05, 0) is 61.4 Å². The molecule has 0 saturated heterocycles. The molecule has 1 saturated carbocycles. The van der Waals surface area contributed by atoms with Crippen LogP contribution in [0.25, 0.3) is 11.3 Å². The Balaban J connectivity index is 1.59. The largest absolute Gasteiger partial charge is 0.476 e. The summed E-state index contributed by atoms with van der Waals surface area (Å²) in [6, 6.07) is 15.0. The van der Waals surface area contributed by atoms with Gasteiger partial charge in [0.1, 0.15) is 6.61 Å². The number of rotatable bonds is 2. The van der Waals surface area contributed by atoms with E-state index in [1.165, 1.54) is 32.1 Å². The number of fused-ring (bicyclic) bond motifs is 4. The van der Waals surface area contributed by atoms with Crippen LogP contribution < -0.4 is 14.8 Å². The smallest absolute Gasteiger partial charge is 0.264 e. The summed E-state index contributed by atoms with van der Waals surface area (Å²) in [4.78, 5) is 9.23. The lowest BCUT2D eigenvalue weighted by atomic mass is 9.84. The number of ether oxygens (including phenoxy) is 1. The Morgan fingerprint density at radius 1 is 0.943 bits per heavy atom. The predicted octanol–water partition coefficient (Wildman–Crippen LogP) is 4.99. The number of nitrogens with zero attached hydrogens (tertiary/aromatic N) is 2. The molecule has 184 valence electrons. The van der Waals surface area contributed by atoms with Crippen LogP contribution in [-0.4, -0.2) is 31.0 Å². The second-order valence-corrected chi connectivity index (χ2v) is 11.3. The molecule has 5 rings (SSSR count). The van der Waals surface area contributed by atoms with Gasteiger partial charge in [-0.15, -0.1) is 0 Å². The van der Waals surface area contributed by atoms with Crippen LogP contribution in [0.4, 0.5) is 5.95 Å². The van der Waals surface area contributed by atoms with Gasteiger partial charge in [0, 0.05) is 24.2 Å². The van der Waals surface area contributed by atoms with E-state index in [0.717, 1.165) is 22.3 Å². The van der Waals surface area contributed by atoms with Gasteiger partial charge in [0.25, 0.3) is 10.0 Å². The minimum absolute atomic E-state index is 0.00646. The van der Waals surface area contributed by atoms with Crippen LogP contribution in [0.5, 0.6) is 5.88 Å². The quantitative estimate of drug-likeness (QED) is 0.523. The molecular weight excluding hydrogens is 460 g/mol. The van der Waals surface area contributed by atoms with E-state index in [0.29, 0.717) is 30.6 Å². The molecule has 1 aliphatic carbocycles. The van der Waals surface area contributed by atoms with Gasteiger partial charge in [-0.1, -0.05) is 49.6 Å². The highest BCUT2D eigenvalue weighted by Crippen LogP contribution is 2.31. The van der Waals surface area contributed by atoms with Crippen molar-refractivity contribution in [2.75, 3.05) is 11.3 Å². The number of anilines is 1. The number of aromatic nitrogens is 2. The van der Waals surface area contributed by atoms with Crippen molar-refractivity contribution in [3.63, 3.8) is 0 Å². The van der Waals surface area contributed by atoms with E-state index in [-0.39, 0.29) is 16.9 Å². The van der Waals surface area contributed by atoms with E-state index < -0.39 is 10.0 Å². The van der Waals surface area contributed by atoms with Crippen molar-refractivity contribution in [3.8, 4) is 17.1 Å². The van der Waals surface area contributed by atoms with Crippen LogP contribution in [0.1, 0.15) is 48.8 Å². The third-order valence-electron chi connectivity index (χ3n) is 7.07. The topological polar surface area (TPSA) is 93.2 Å². The van der Waals surface area contributed by atoms with Crippen LogP contribution in [0.15, 0.2) is 53.4 Å². The molecule has 0 spiro atoms. The van der Waals surface area contributed by atoms with Gasteiger partial charge in [-0.2, -0.15) is 4.98 Å². The number of aryl methyl sites for hydroxylation is 2. The Morgan fingerprint density at radius 3 is 2.46 bits per heavy atom. The van der Waals surface area contributed by atoms with Crippen molar-refractivity contribution in [3.05, 3.63) is 65.2 Å². The Bertz CT molecular complexity index is 1300. The van der Waals surface area contributed by atoms with Gasteiger partial charge in [-0.25, -0.2) is 18.1 Å². The summed E-state index contributed by atoms with van der Waals surface area (Å²) >= 11 is 0. The van der Waals surface area contributed by atoms with Gasteiger partial charge in [-0.3, -0.25) is 0 Å². The molecular formula is C27H32N4O3S. The molecule has 1 aliphatic heterocycles. The van der Waals surface area contributed by atoms with E-state index in [2.05, 4.69) is 20.0 Å². The SMILES string of the molecule is Cc1cccc(C)c1-c1cc2nc(n1)NS(=O)(=O)c1cccc(c1)CNC(C1CCCCC1)CO2. The molecule has 1 fully saturated rings. The molecule has 3 aromatic rings. The van der Waals surface area contributed by atoms with E-state index in [1.807, 2.05) is 44.2 Å². The van der Waals surface area contributed by atoms with Crippen molar-refractivity contribution in [2.24, 2.45) is 5.92 Å². The third-order valence-corrected chi connectivity index (χ3v) is 8.40. The van der Waals surface area contributed by atoms with E-state index in [9.17, 15) is 8.42 Å². The van der Waals surface area contributed by atoms with E-state index in [4.69, 9.17) is 4.74 Å². The second kappa shape index (κ2) is 9.95. The van der Waals surface area contributed by atoms with Gasteiger partial charge >= 0.3 is 0 Å². The number of sulfonamides is 1. The molecule has 2 aliphatic rings. The van der Waals surface area contributed by atoms with Crippen LogP contribution in [0.3, 0.4) is 0 Å². The maximum absolute atomic E-state index is 13.2. The fraction of sp³-hybridized carbons (Fsp3) is 0.407. The molecule has 2 aromatic carbocycles. The van der Waals surface area contributed by atoms with Gasteiger partial charge in [0.15, 0.2) is 0 Å². The molecule has 1 unspecified atom stereocenters. The first-order valence-electron chi connectivity index (χ1n) is 12.3. The maximum Gasteiger partial charge on any atom is 0.264 e. The molecule has 35 heavy (non-hydrogen) atoms. The number of nitrogens with one attached hydrogen (secondary N) is 2. The number of hydrogen-bond donors (Lipinski definition) is 2. The summed E-state index contributed by atoms with van der Waals surface area (Å²) in [5.41, 5.74) is 4.60. The van der Waals surface area contributed by atoms with Gasteiger partial charge < -0.3 is 10.1 Å². The highest BCUT2D eigenvalue weighted by molar-refractivity contribution is 7.92. The minimum atomic E-state index is -3.87. The molecule has 1 atom stereocenters. The lowest BCUT2D eigenvalue weighted by Crippen LogP contribution is -2.41. The van der Waals surface area contributed by atoms with Crippen molar-refractivity contribution in [1.29, 1.82) is 0 Å². The van der Waals surface area contributed by atoms with Crippen molar-refractivity contribution < 1.29 is 13.2 Å². The van der Waals surface area contributed by atoms with Gasteiger partial charge in [0.2, 0.25) is 11.8 Å². The normalized spacial score (nSPS) is 20.5. The summed E-state index contributed by atoms with van der Waals surface area (Å²) in [6.07, 6.45) is 6.08. The Morgan fingerprint density at radius 2 is 1.69 bits per heavy atom. The fourth-order valence-corrected chi connectivity index (χ4v) is 6.23. The molecule has 1 aromatic heterocycles. The van der Waals surface area contributed by atoms with Crippen molar-refractivity contribution in [1.82, 2.24) is 15.3 Å². The molecule has 2 heterocycles. The van der Waals surface area contributed by atoms with E-state index >= 15 is 0 Å². The third kappa shape index (κ3) is 5.33. The molecule has 4 bridgehead atoms. The molecule has 0 amide bonds. The van der Waals surface area contributed by atoms with Crippen LogP contribution in [0, 0.1) is 19.8 Å². The standard InChI is InChI=1S/C27H32N4O3S/c1-18-8-6-9-19(2)26(18)23-15-25-30-27(29-23)31-35(32,33)22-13-7-10-20(14-22)16-28-24(17-34-25)21-11-4-3-5-12-21/h6-10,13-15,21,24,28H,3-5,11-12,16-17H2,1-2H3,(H,29,30,31). The summed E-state index contributed by atoms with van der Waals surface area (Å²) < 4.78 is 35.3. The average molecular weight is 493 g/mol. The first-order chi connectivity index (χ1) is 16.9. The zero-order valence-electron chi connectivity index (χ0n) is 20.3. The molecule has 7 nitrogen and oxygen atoms in total. The Kier molecular flexibility index (Phi) is 6.75. The maximum atomic E-state index is 13.2. The van der Waals surface area contributed by atoms with Crippen LogP contribution >= 0.6 is 0 Å². The first-order valence-corrected chi connectivity index (χ1v) is 13.8. The molecule has 0 radical (unpaired) electrons. The highest BCUT2D eigenvalue weighted by Gasteiger charge is 2.26. The Labute approximate surface area is 207 Å². The summed E-state index contributed by atoms with van der Waals surface area (Å²) in [7, 11) is -3.87. The minimum Gasteiger partial charge on any atom is -0.476 e. The summed E-state index contributed by atoms with van der Waals surface area (Å²) in [5.74, 6) is 0.884. The Hall–Kier alpha value is -2.97. The number of benzene rings is 2. The van der Waals surface area contributed by atoms with Crippen molar-refractivity contribution in [2.45, 2.75) is 63.4 Å².